The van der Waals surface area contributed by atoms with Gasteiger partial charge in [0.15, 0.2) is 17.3 Å². The fourth-order valence-corrected chi connectivity index (χ4v) is 9.84. The third kappa shape index (κ3) is 5.55. The number of aromatic hydroxyl groups is 1. The Morgan fingerprint density at radius 1 is 0.810 bits per heavy atom. The Kier molecular flexibility index (Phi) is 9.00. The molecule has 12 heteroatoms. The summed E-state index contributed by atoms with van der Waals surface area (Å²) in [6, 6.07) is 31.9. The van der Waals surface area contributed by atoms with Crippen molar-refractivity contribution in [2.45, 2.75) is 24.2 Å². The highest BCUT2D eigenvalue weighted by Gasteiger charge is 2.70. The standard InChI is InChI=1S/C46H35ClFN3O7/c1-58-37-9-5-8-34(41(37)53)39-32-22-23-33-38(44(56)50(42(33)54)31-20-10-26(11-21-31)40(52)25-6-3-2-4-7-25)35(32)24-36-43(55)51(49-30-18-16-29(48)17-19-30)45(57)46(36,39)27-12-14-28(47)15-13-27/h2-22,33,35-36,38-39,49,53H,23-24H2,1H3. The molecule has 10 nitrogen and oxygen atoms in total. The number of anilines is 2. The van der Waals surface area contributed by atoms with Crippen molar-refractivity contribution in [2.24, 2.45) is 23.7 Å². The number of hydrazine groups is 1. The van der Waals surface area contributed by atoms with Crippen molar-refractivity contribution in [1.29, 1.82) is 0 Å². The van der Waals surface area contributed by atoms with E-state index in [4.69, 9.17) is 16.3 Å². The molecule has 6 atom stereocenters. The van der Waals surface area contributed by atoms with Crippen LogP contribution in [0.5, 0.6) is 11.5 Å². The number of amides is 4. The number of allylic oxidation sites excluding steroid dienone is 2. The molecule has 4 aliphatic rings. The van der Waals surface area contributed by atoms with Gasteiger partial charge in [-0.25, -0.2) is 4.39 Å². The molecular weight excluding hydrogens is 761 g/mol. The van der Waals surface area contributed by atoms with Crippen molar-refractivity contribution < 1.29 is 38.2 Å². The lowest BCUT2D eigenvalue weighted by Gasteiger charge is -2.50. The third-order valence-electron chi connectivity index (χ3n) is 12.2. The second-order valence-corrected chi connectivity index (χ2v) is 15.5. The van der Waals surface area contributed by atoms with E-state index in [1.165, 1.54) is 31.4 Å². The van der Waals surface area contributed by atoms with Gasteiger partial charge in [-0.2, -0.15) is 5.01 Å². The number of methoxy groups -OCH3 is 1. The van der Waals surface area contributed by atoms with Gasteiger partial charge in [-0.15, -0.1) is 0 Å². The van der Waals surface area contributed by atoms with E-state index in [0.717, 1.165) is 9.91 Å². The fourth-order valence-electron chi connectivity index (χ4n) is 9.71. The van der Waals surface area contributed by atoms with Crippen LogP contribution in [0.15, 0.2) is 133 Å². The van der Waals surface area contributed by atoms with E-state index in [2.05, 4.69) is 5.43 Å². The summed E-state index contributed by atoms with van der Waals surface area (Å²) in [5.74, 6) is -7.39. The van der Waals surface area contributed by atoms with E-state index < -0.39 is 64.5 Å². The molecule has 4 amide bonds. The number of hydrogen-bond donors (Lipinski definition) is 2. The summed E-state index contributed by atoms with van der Waals surface area (Å²) < 4.78 is 19.5. The third-order valence-corrected chi connectivity index (χ3v) is 12.5. The number of hydrogen-bond acceptors (Lipinski definition) is 8. The average Bonchev–Trinajstić information content (AvgIpc) is 3.62. The Bertz CT molecular complexity index is 2550. The van der Waals surface area contributed by atoms with Crippen LogP contribution in [0.1, 0.15) is 45.8 Å². The molecule has 2 N–H and O–H groups in total. The lowest BCUT2D eigenvalue weighted by molar-refractivity contribution is -0.138. The molecule has 9 rings (SSSR count). The van der Waals surface area contributed by atoms with Crippen LogP contribution in [0.3, 0.4) is 0 Å². The number of benzene rings is 5. The highest BCUT2D eigenvalue weighted by Crippen LogP contribution is 2.65. The SMILES string of the molecule is COc1cccc(C2C3=CCC4C(=O)N(c5ccc(C(=O)c6ccccc6)cc5)C(=O)C4C3CC3C(=O)N(Nc4ccc(F)cc4)C(=O)C32c2ccc(Cl)cc2)c1O. The van der Waals surface area contributed by atoms with Crippen LogP contribution in [0.4, 0.5) is 15.8 Å². The average molecular weight is 796 g/mol. The van der Waals surface area contributed by atoms with Crippen LogP contribution in [0.25, 0.3) is 0 Å². The molecule has 58 heavy (non-hydrogen) atoms. The number of nitrogens with one attached hydrogen (secondary N) is 1. The number of phenolic OH excluding ortho intramolecular Hbond substituents is 1. The van der Waals surface area contributed by atoms with Gasteiger partial charge in [0.05, 0.1) is 41.7 Å². The van der Waals surface area contributed by atoms with Crippen LogP contribution < -0.4 is 15.1 Å². The molecule has 2 aliphatic carbocycles. The van der Waals surface area contributed by atoms with E-state index in [0.29, 0.717) is 38.5 Å². The van der Waals surface area contributed by atoms with E-state index in [-0.39, 0.29) is 35.8 Å². The number of fused-ring (bicyclic) bond motifs is 4. The van der Waals surface area contributed by atoms with Crippen molar-refractivity contribution in [1.82, 2.24) is 5.01 Å². The Balaban J connectivity index is 1.17. The number of carbonyl (C=O) groups excluding carboxylic acids is 5. The van der Waals surface area contributed by atoms with Gasteiger partial charge in [0, 0.05) is 27.6 Å². The summed E-state index contributed by atoms with van der Waals surface area (Å²) in [4.78, 5) is 73.5. The molecule has 5 aromatic carbocycles. The number of imide groups is 2. The van der Waals surface area contributed by atoms with E-state index >= 15 is 4.79 Å². The first-order chi connectivity index (χ1) is 28.0. The van der Waals surface area contributed by atoms with Gasteiger partial charge < -0.3 is 9.84 Å². The van der Waals surface area contributed by atoms with Crippen molar-refractivity contribution in [3.63, 3.8) is 0 Å². The zero-order valence-electron chi connectivity index (χ0n) is 31.0. The summed E-state index contributed by atoms with van der Waals surface area (Å²) in [6.07, 6.45) is 2.05. The zero-order chi connectivity index (χ0) is 40.5. The first-order valence-electron chi connectivity index (χ1n) is 18.8. The molecular formula is C46H35ClFN3O7. The van der Waals surface area contributed by atoms with Crippen LogP contribution in [-0.4, -0.2) is 46.6 Å². The number of ketones is 1. The zero-order valence-corrected chi connectivity index (χ0v) is 31.7. The highest BCUT2D eigenvalue weighted by atomic mass is 35.5. The van der Waals surface area contributed by atoms with Gasteiger partial charge in [0.1, 0.15) is 5.82 Å². The molecule has 2 aliphatic heterocycles. The van der Waals surface area contributed by atoms with Gasteiger partial charge in [-0.3, -0.25) is 34.3 Å². The minimum absolute atomic E-state index is 0.0143. The molecule has 0 radical (unpaired) electrons. The van der Waals surface area contributed by atoms with Crippen LogP contribution in [-0.2, 0) is 24.6 Å². The van der Waals surface area contributed by atoms with E-state index in [1.54, 1.807) is 91.0 Å². The molecule has 3 fully saturated rings. The van der Waals surface area contributed by atoms with Crippen molar-refractivity contribution in [3.05, 3.63) is 166 Å². The van der Waals surface area contributed by atoms with E-state index in [9.17, 15) is 28.7 Å². The summed E-state index contributed by atoms with van der Waals surface area (Å²) in [5.41, 5.74) is 4.11. The number of nitrogens with zero attached hydrogens (tertiary/aromatic N) is 2. The molecule has 2 heterocycles. The summed E-state index contributed by atoms with van der Waals surface area (Å²) >= 11 is 6.38. The molecule has 290 valence electrons. The lowest BCUT2D eigenvalue weighted by atomic mass is 9.49. The van der Waals surface area contributed by atoms with Crippen molar-refractivity contribution in [2.75, 3.05) is 17.4 Å². The lowest BCUT2D eigenvalue weighted by Crippen LogP contribution is -2.53. The number of ether oxygens (including phenoxy) is 1. The highest BCUT2D eigenvalue weighted by molar-refractivity contribution is 6.30. The number of rotatable bonds is 8. The van der Waals surface area contributed by atoms with E-state index in [1.807, 2.05) is 12.1 Å². The molecule has 6 unspecified atom stereocenters. The van der Waals surface area contributed by atoms with Crippen LogP contribution in [0, 0.1) is 29.5 Å². The number of carbonyl (C=O) groups is 5. The Hall–Kier alpha value is -6.59. The maximum absolute atomic E-state index is 15.3. The van der Waals surface area contributed by atoms with Crippen molar-refractivity contribution in [3.8, 4) is 11.5 Å². The second kappa shape index (κ2) is 14.1. The first-order valence-corrected chi connectivity index (χ1v) is 19.2. The summed E-state index contributed by atoms with van der Waals surface area (Å²) in [7, 11) is 1.41. The predicted molar refractivity (Wildman–Crippen MR) is 212 cm³/mol. The van der Waals surface area contributed by atoms with Gasteiger partial charge in [0.2, 0.25) is 11.8 Å². The minimum Gasteiger partial charge on any atom is -0.504 e. The second-order valence-electron chi connectivity index (χ2n) is 15.0. The quantitative estimate of drug-likeness (QED) is 0.0932. The van der Waals surface area contributed by atoms with Gasteiger partial charge >= 0.3 is 0 Å². The van der Waals surface area contributed by atoms with Crippen LogP contribution >= 0.6 is 11.6 Å². The molecule has 0 aromatic heterocycles. The minimum atomic E-state index is -1.68. The molecule has 5 aromatic rings. The number of para-hydroxylation sites is 1. The molecule has 0 spiro atoms. The van der Waals surface area contributed by atoms with Crippen LogP contribution in [0.2, 0.25) is 5.02 Å². The first kappa shape index (κ1) is 37.0. The topological polar surface area (TPSA) is 133 Å². The molecule has 2 saturated heterocycles. The monoisotopic (exact) mass is 795 g/mol. The fraction of sp³-hybridized carbons (Fsp3) is 0.196. The maximum atomic E-state index is 15.3. The normalized spacial score (nSPS) is 24.9. The molecule has 0 bridgehead atoms. The smallest absolute Gasteiger partial charge is 0.260 e. The van der Waals surface area contributed by atoms with Gasteiger partial charge in [-0.1, -0.05) is 77.8 Å². The largest absolute Gasteiger partial charge is 0.504 e. The Morgan fingerprint density at radius 3 is 2.19 bits per heavy atom. The maximum Gasteiger partial charge on any atom is 0.260 e. The Labute approximate surface area is 337 Å². The van der Waals surface area contributed by atoms with Crippen molar-refractivity contribution >= 4 is 52.4 Å². The summed E-state index contributed by atoms with van der Waals surface area (Å²) in [5, 5.41) is 13.2. The summed E-state index contributed by atoms with van der Waals surface area (Å²) in [6.45, 7) is 0. The number of phenols is 1. The Morgan fingerprint density at radius 2 is 1.50 bits per heavy atom. The molecule has 1 saturated carbocycles. The van der Waals surface area contributed by atoms with Gasteiger partial charge in [0.25, 0.3) is 11.8 Å². The number of halogens is 2. The van der Waals surface area contributed by atoms with Gasteiger partial charge in [-0.05, 0) is 91.1 Å². The predicted octanol–water partition coefficient (Wildman–Crippen LogP) is 7.61.